The van der Waals surface area contributed by atoms with Crippen LogP contribution in [0.4, 0.5) is 0 Å². The molecule has 0 radical (unpaired) electrons. The first-order valence-corrected chi connectivity index (χ1v) is 10.4. The lowest BCUT2D eigenvalue weighted by molar-refractivity contribution is 0.419. The maximum Gasteiger partial charge on any atom is 0.211 e. The van der Waals surface area contributed by atoms with Gasteiger partial charge in [0, 0.05) is 30.6 Å². The molecule has 1 heterocycles. The highest BCUT2D eigenvalue weighted by molar-refractivity contribution is 7.88. The molecule has 2 rings (SSSR count). The Morgan fingerprint density at radius 3 is 2.65 bits per heavy atom. The summed E-state index contributed by atoms with van der Waals surface area (Å²) in [5.74, 6) is 0. The quantitative estimate of drug-likeness (QED) is 0.704. The molecule has 0 aliphatic rings. The lowest BCUT2D eigenvalue weighted by atomic mass is 10.2. The molecular formula is C16H23N3O2S2. The third-order valence-corrected chi connectivity index (χ3v) is 5.71. The van der Waals surface area contributed by atoms with Crippen molar-refractivity contribution in [2.24, 2.45) is 0 Å². The molecule has 1 aromatic heterocycles. The van der Waals surface area contributed by atoms with Crippen molar-refractivity contribution < 1.29 is 8.42 Å². The van der Waals surface area contributed by atoms with E-state index in [0.717, 1.165) is 29.2 Å². The zero-order valence-electron chi connectivity index (χ0n) is 13.5. The average molecular weight is 354 g/mol. The molecule has 1 aromatic carbocycles. The first kappa shape index (κ1) is 18.1. The van der Waals surface area contributed by atoms with Crippen molar-refractivity contribution in [3.63, 3.8) is 0 Å². The highest BCUT2D eigenvalue weighted by Crippen LogP contribution is 2.21. The molecule has 0 atom stereocenters. The summed E-state index contributed by atoms with van der Waals surface area (Å²) in [6.07, 6.45) is 2.04. The largest absolute Gasteiger partial charge is 0.310 e. The number of hydrogen-bond acceptors (Lipinski definition) is 5. The monoisotopic (exact) mass is 353 g/mol. The van der Waals surface area contributed by atoms with Crippen molar-refractivity contribution in [1.29, 1.82) is 0 Å². The summed E-state index contributed by atoms with van der Waals surface area (Å²) in [4.78, 5) is 4.62. The van der Waals surface area contributed by atoms with E-state index >= 15 is 0 Å². The molecule has 0 unspecified atom stereocenters. The minimum Gasteiger partial charge on any atom is -0.310 e. The number of sulfonamides is 1. The Hall–Kier alpha value is -1.28. The molecule has 0 saturated carbocycles. The summed E-state index contributed by atoms with van der Waals surface area (Å²) in [5, 5.41) is 6.43. The molecule has 1 N–H and O–H groups in total. The van der Waals surface area contributed by atoms with Crippen LogP contribution in [0.5, 0.6) is 0 Å². The van der Waals surface area contributed by atoms with Gasteiger partial charge in [-0.1, -0.05) is 37.3 Å². The van der Waals surface area contributed by atoms with Gasteiger partial charge in [0.1, 0.15) is 5.01 Å². The standard InChI is InChI=1S/C16H23N3O2S2/c1-3-19(23(2,20)21)11-7-10-17-12-16-18-15(13-22-16)14-8-5-4-6-9-14/h4-6,8-9,13,17H,3,7,10-12H2,1-2H3. The van der Waals surface area contributed by atoms with Crippen LogP contribution in [-0.4, -0.2) is 43.6 Å². The number of benzene rings is 1. The van der Waals surface area contributed by atoms with E-state index in [2.05, 4.69) is 27.8 Å². The van der Waals surface area contributed by atoms with Crippen molar-refractivity contribution in [3.8, 4) is 11.3 Å². The Morgan fingerprint density at radius 2 is 2.00 bits per heavy atom. The van der Waals surface area contributed by atoms with Gasteiger partial charge in [-0.3, -0.25) is 0 Å². The fourth-order valence-electron chi connectivity index (χ4n) is 2.27. The zero-order valence-corrected chi connectivity index (χ0v) is 15.2. The lowest BCUT2D eigenvalue weighted by Crippen LogP contribution is -2.32. The number of aromatic nitrogens is 1. The van der Waals surface area contributed by atoms with Gasteiger partial charge in [0.2, 0.25) is 10.0 Å². The molecule has 0 bridgehead atoms. The number of nitrogens with one attached hydrogen (secondary N) is 1. The van der Waals surface area contributed by atoms with E-state index in [1.165, 1.54) is 10.6 Å². The third-order valence-electron chi connectivity index (χ3n) is 3.48. The molecule has 5 nitrogen and oxygen atoms in total. The van der Waals surface area contributed by atoms with Crippen LogP contribution in [0.1, 0.15) is 18.4 Å². The first-order valence-electron chi connectivity index (χ1n) is 7.66. The Morgan fingerprint density at radius 1 is 1.26 bits per heavy atom. The van der Waals surface area contributed by atoms with Crippen LogP contribution in [0.15, 0.2) is 35.7 Å². The molecule has 2 aromatic rings. The molecule has 0 aliphatic heterocycles. The summed E-state index contributed by atoms with van der Waals surface area (Å²) < 4.78 is 24.5. The van der Waals surface area contributed by atoms with Crippen molar-refractivity contribution in [2.45, 2.75) is 19.9 Å². The van der Waals surface area contributed by atoms with Gasteiger partial charge < -0.3 is 5.32 Å². The van der Waals surface area contributed by atoms with Crippen LogP contribution >= 0.6 is 11.3 Å². The van der Waals surface area contributed by atoms with Crippen LogP contribution in [-0.2, 0) is 16.6 Å². The van der Waals surface area contributed by atoms with Crippen LogP contribution < -0.4 is 5.32 Å². The van der Waals surface area contributed by atoms with Gasteiger partial charge in [-0.15, -0.1) is 11.3 Å². The summed E-state index contributed by atoms with van der Waals surface area (Å²) in [6.45, 7) is 4.41. The predicted octanol–water partition coefficient (Wildman–Crippen LogP) is 2.57. The van der Waals surface area contributed by atoms with Gasteiger partial charge >= 0.3 is 0 Å². The van der Waals surface area contributed by atoms with Gasteiger partial charge in [-0.05, 0) is 13.0 Å². The molecule has 0 saturated heterocycles. The number of nitrogens with zero attached hydrogens (tertiary/aromatic N) is 2. The minimum absolute atomic E-state index is 0.520. The van der Waals surface area contributed by atoms with Crippen molar-refractivity contribution in [3.05, 3.63) is 40.7 Å². The minimum atomic E-state index is -3.09. The van der Waals surface area contributed by atoms with Gasteiger partial charge in [-0.2, -0.15) is 0 Å². The summed E-state index contributed by atoms with van der Waals surface area (Å²) in [6, 6.07) is 10.1. The van der Waals surface area contributed by atoms with Gasteiger partial charge in [0.15, 0.2) is 0 Å². The molecule has 0 fully saturated rings. The van der Waals surface area contributed by atoms with E-state index < -0.39 is 10.0 Å². The third kappa shape index (κ3) is 5.69. The van der Waals surface area contributed by atoms with E-state index in [1.54, 1.807) is 11.3 Å². The fourth-order valence-corrected chi connectivity index (χ4v) is 3.97. The van der Waals surface area contributed by atoms with E-state index in [9.17, 15) is 8.42 Å². The van der Waals surface area contributed by atoms with Crippen molar-refractivity contribution in [2.75, 3.05) is 25.9 Å². The van der Waals surface area contributed by atoms with Gasteiger partial charge in [0.05, 0.1) is 11.9 Å². The van der Waals surface area contributed by atoms with Crippen LogP contribution in [0, 0.1) is 0 Å². The smallest absolute Gasteiger partial charge is 0.211 e. The second kappa shape index (κ2) is 8.54. The molecule has 0 aliphatic carbocycles. The Bertz CT molecular complexity index is 699. The highest BCUT2D eigenvalue weighted by atomic mass is 32.2. The maximum atomic E-state index is 11.5. The summed E-state index contributed by atoms with van der Waals surface area (Å²) >= 11 is 1.64. The van der Waals surface area contributed by atoms with E-state index in [-0.39, 0.29) is 0 Å². The van der Waals surface area contributed by atoms with Crippen LogP contribution in [0.3, 0.4) is 0 Å². The van der Waals surface area contributed by atoms with E-state index in [1.807, 2.05) is 25.1 Å². The van der Waals surface area contributed by atoms with Gasteiger partial charge in [0.25, 0.3) is 0 Å². The molecule has 126 valence electrons. The Labute approximate surface area is 142 Å². The molecular weight excluding hydrogens is 330 g/mol. The number of hydrogen-bond donors (Lipinski definition) is 1. The topological polar surface area (TPSA) is 62.3 Å². The zero-order chi connectivity index (χ0) is 16.7. The molecule has 23 heavy (non-hydrogen) atoms. The normalized spacial score (nSPS) is 12.0. The summed E-state index contributed by atoms with van der Waals surface area (Å²) in [5.41, 5.74) is 2.13. The van der Waals surface area contributed by atoms with Crippen molar-refractivity contribution in [1.82, 2.24) is 14.6 Å². The van der Waals surface area contributed by atoms with Crippen LogP contribution in [0.25, 0.3) is 11.3 Å². The molecule has 7 heteroatoms. The second-order valence-corrected chi connectivity index (χ2v) is 8.20. The van der Waals surface area contributed by atoms with Crippen LogP contribution in [0.2, 0.25) is 0 Å². The first-order chi connectivity index (χ1) is 11.0. The van der Waals surface area contributed by atoms with E-state index in [0.29, 0.717) is 19.6 Å². The Balaban J connectivity index is 1.74. The fraction of sp³-hybridized carbons (Fsp3) is 0.438. The summed E-state index contributed by atoms with van der Waals surface area (Å²) in [7, 11) is -3.09. The number of thiazole rings is 1. The molecule has 0 amide bonds. The SMILES string of the molecule is CCN(CCCNCc1nc(-c2ccccc2)cs1)S(C)(=O)=O. The molecule has 0 spiro atoms. The lowest BCUT2D eigenvalue weighted by Gasteiger charge is -2.17. The van der Waals surface area contributed by atoms with Gasteiger partial charge in [-0.25, -0.2) is 17.7 Å². The number of rotatable bonds is 9. The second-order valence-electron chi connectivity index (χ2n) is 5.28. The maximum absolute atomic E-state index is 11.5. The Kier molecular flexibility index (Phi) is 6.71. The van der Waals surface area contributed by atoms with E-state index in [4.69, 9.17) is 0 Å². The average Bonchev–Trinajstić information content (AvgIpc) is 2.99. The predicted molar refractivity (Wildman–Crippen MR) is 96.0 cm³/mol. The van der Waals surface area contributed by atoms with Crippen molar-refractivity contribution >= 4 is 21.4 Å². The highest BCUT2D eigenvalue weighted by Gasteiger charge is 2.13.